The van der Waals surface area contributed by atoms with Gasteiger partial charge in [0, 0.05) is 6.54 Å². The maximum absolute atomic E-state index is 10.1. The van der Waals surface area contributed by atoms with Crippen LogP contribution in [0.5, 0.6) is 11.5 Å². The van der Waals surface area contributed by atoms with Gasteiger partial charge in [-0.2, -0.15) is 4.98 Å². The van der Waals surface area contributed by atoms with Crippen LogP contribution in [-0.4, -0.2) is 41.0 Å². The summed E-state index contributed by atoms with van der Waals surface area (Å²) in [6.45, 7) is 3.32. The van der Waals surface area contributed by atoms with Crippen LogP contribution in [0.3, 0.4) is 0 Å². The highest BCUT2D eigenvalue weighted by Gasteiger charge is 2.10. The van der Waals surface area contributed by atoms with Crippen LogP contribution in [-0.2, 0) is 13.0 Å². The summed E-state index contributed by atoms with van der Waals surface area (Å²) < 4.78 is 16.5. The molecule has 2 N–H and O–H groups in total. The van der Waals surface area contributed by atoms with Crippen molar-refractivity contribution in [3.05, 3.63) is 71.9 Å². The van der Waals surface area contributed by atoms with E-state index in [9.17, 15) is 5.11 Å². The van der Waals surface area contributed by atoms with Gasteiger partial charge in [0.25, 0.3) is 5.89 Å². The first-order chi connectivity index (χ1) is 13.7. The molecule has 3 rings (SSSR count). The molecule has 0 radical (unpaired) electrons. The van der Waals surface area contributed by atoms with Crippen LogP contribution in [0.4, 0.5) is 0 Å². The molecule has 1 unspecified atom stereocenters. The fraction of sp³-hybridized carbons (Fsp3) is 0.333. The fourth-order valence-corrected chi connectivity index (χ4v) is 2.62. The molecule has 156 valence electrons. The van der Waals surface area contributed by atoms with Crippen molar-refractivity contribution in [3.63, 3.8) is 0 Å². The van der Waals surface area contributed by atoms with Gasteiger partial charge in [-0.05, 0) is 37.6 Å². The molecule has 2 aromatic carbocycles. The molecule has 3 aromatic rings. The Balaban J connectivity index is 0.00000300. The van der Waals surface area contributed by atoms with Gasteiger partial charge in [-0.15, -0.1) is 12.4 Å². The summed E-state index contributed by atoms with van der Waals surface area (Å²) in [5, 5.41) is 17.1. The van der Waals surface area contributed by atoms with E-state index in [0.29, 0.717) is 29.8 Å². The quantitative estimate of drug-likeness (QED) is 0.462. The number of nitrogens with one attached hydrogen (secondary N) is 1. The number of hydrogen-bond donors (Lipinski definition) is 2. The third-order valence-electron chi connectivity index (χ3n) is 4.01. The Bertz CT molecular complexity index is 845. The zero-order chi connectivity index (χ0) is 19.6. The summed E-state index contributed by atoms with van der Waals surface area (Å²) in [4.78, 5) is 4.10. The van der Waals surface area contributed by atoms with Gasteiger partial charge < -0.3 is 24.4 Å². The van der Waals surface area contributed by atoms with E-state index in [1.165, 1.54) is 5.56 Å². The monoisotopic (exact) mass is 419 g/mol. The summed E-state index contributed by atoms with van der Waals surface area (Å²) in [7, 11) is 0. The van der Waals surface area contributed by atoms with Crippen molar-refractivity contribution in [2.45, 2.75) is 26.1 Å². The Morgan fingerprint density at radius 1 is 1.03 bits per heavy atom. The van der Waals surface area contributed by atoms with E-state index < -0.39 is 6.10 Å². The van der Waals surface area contributed by atoms with Crippen LogP contribution in [0.2, 0.25) is 0 Å². The Morgan fingerprint density at radius 3 is 2.41 bits per heavy atom. The molecule has 0 saturated heterocycles. The van der Waals surface area contributed by atoms with Gasteiger partial charge in [0.1, 0.15) is 12.7 Å². The predicted molar refractivity (Wildman–Crippen MR) is 112 cm³/mol. The second-order valence-corrected chi connectivity index (χ2v) is 6.38. The lowest BCUT2D eigenvalue weighted by atomic mass is 10.1. The largest absolute Gasteiger partial charge is 0.487 e. The average molecular weight is 420 g/mol. The molecule has 1 aromatic heterocycles. The Labute approximate surface area is 176 Å². The van der Waals surface area contributed by atoms with Gasteiger partial charge in [-0.25, -0.2) is 0 Å². The molecule has 0 fully saturated rings. The van der Waals surface area contributed by atoms with Crippen LogP contribution in [0.1, 0.15) is 17.3 Å². The van der Waals surface area contributed by atoms with Gasteiger partial charge in [0.2, 0.25) is 0 Å². The highest BCUT2D eigenvalue weighted by atomic mass is 35.5. The molecule has 0 saturated carbocycles. The van der Waals surface area contributed by atoms with Gasteiger partial charge in [-0.1, -0.05) is 47.6 Å². The van der Waals surface area contributed by atoms with Crippen molar-refractivity contribution in [1.82, 2.24) is 15.5 Å². The molecule has 0 bridgehead atoms. The van der Waals surface area contributed by atoms with Crippen molar-refractivity contribution in [2.24, 2.45) is 0 Å². The number of para-hydroxylation sites is 2. The summed E-state index contributed by atoms with van der Waals surface area (Å²) in [6, 6.07) is 17.5. The normalized spacial score (nSPS) is 11.5. The lowest BCUT2D eigenvalue weighted by Crippen LogP contribution is -2.32. The lowest BCUT2D eigenvalue weighted by Gasteiger charge is -2.15. The minimum Gasteiger partial charge on any atom is -0.487 e. The first-order valence-corrected chi connectivity index (χ1v) is 9.27. The van der Waals surface area contributed by atoms with Crippen molar-refractivity contribution >= 4 is 12.4 Å². The predicted octanol–water partition coefficient (Wildman–Crippen LogP) is 2.95. The van der Waals surface area contributed by atoms with E-state index in [2.05, 4.69) is 27.6 Å². The first kappa shape index (κ1) is 22.7. The van der Waals surface area contributed by atoms with Gasteiger partial charge in [0.05, 0.1) is 0 Å². The minimum atomic E-state index is -0.623. The summed E-state index contributed by atoms with van der Waals surface area (Å²) in [5.41, 5.74) is 1.27. The molecule has 1 heterocycles. The second kappa shape index (κ2) is 12.1. The Kier molecular flexibility index (Phi) is 9.43. The highest BCUT2D eigenvalue weighted by molar-refractivity contribution is 5.85. The Hall–Kier alpha value is -2.61. The molecule has 8 heteroatoms. The number of rotatable bonds is 11. The van der Waals surface area contributed by atoms with Gasteiger partial charge in [0.15, 0.2) is 23.9 Å². The molecule has 0 aliphatic heterocycles. The standard InChI is InChI=1S/C21H25N3O4.ClH/c1-16-23-21(28-24-16)15-27-20-10-6-5-9-19(20)26-14-18(25)13-22-12-11-17-7-3-2-4-8-17;/h2-10,18,22,25H,11-15H2,1H3;1H. The van der Waals surface area contributed by atoms with Crippen LogP contribution in [0.15, 0.2) is 59.1 Å². The molecule has 1 atom stereocenters. The average Bonchev–Trinajstić information content (AvgIpc) is 3.14. The van der Waals surface area contributed by atoms with Gasteiger partial charge in [-0.3, -0.25) is 0 Å². The van der Waals surface area contributed by atoms with E-state index in [0.717, 1.165) is 13.0 Å². The van der Waals surface area contributed by atoms with Crippen LogP contribution in [0.25, 0.3) is 0 Å². The molecule has 0 amide bonds. The zero-order valence-electron chi connectivity index (χ0n) is 16.3. The molecular formula is C21H26ClN3O4. The zero-order valence-corrected chi connectivity index (χ0v) is 17.1. The highest BCUT2D eigenvalue weighted by Crippen LogP contribution is 2.27. The lowest BCUT2D eigenvalue weighted by molar-refractivity contribution is 0.103. The van der Waals surface area contributed by atoms with E-state index in [4.69, 9.17) is 14.0 Å². The van der Waals surface area contributed by atoms with Crippen molar-refractivity contribution in [3.8, 4) is 11.5 Å². The smallest absolute Gasteiger partial charge is 0.264 e. The second-order valence-electron chi connectivity index (χ2n) is 6.38. The first-order valence-electron chi connectivity index (χ1n) is 9.27. The van der Waals surface area contributed by atoms with Crippen LogP contribution < -0.4 is 14.8 Å². The molecule has 0 aliphatic carbocycles. The summed E-state index contributed by atoms with van der Waals surface area (Å²) >= 11 is 0. The molecule has 0 aliphatic rings. The van der Waals surface area contributed by atoms with E-state index in [1.807, 2.05) is 30.3 Å². The van der Waals surface area contributed by atoms with Crippen LogP contribution >= 0.6 is 12.4 Å². The third kappa shape index (κ3) is 7.73. The van der Waals surface area contributed by atoms with E-state index in [-0.39, 0.29) is 25.6 Å². The van der Waals surface area contributed by atoms with Crippen molar-refractivity contribution in [2.75, 3.05) is 19.7 Å². The summed E-state index contributed by atoms with van der Waals surface area (Å²) in [6.07, 6.45) is 0.294. The summed E-state index contributed by atoms with van der Waals surface area (Å²) in [5.74, 6) is 2.07. The number of aliphatic hydroxyl groups is 1. The van der Waals surface area contributed by atoms with Crippen molar-refractivity contribution in [1.29, 1.82) is 0 Å². The topological polar surface area (TPSA) is 89.6 Å². The number of nitrogens with zero attached hydrogens (tertiary/aromatic N) is 2. The Morgan fingerprint density at radius 2 is 1.72 bits per heavy atom. The molecule has 7 nitrogen and oxygen atoms in total. The van der Waals surface area contributed by atoms with Crippen LogP contribution in [0, 0.1) is 6.92 Å². The number of aliphatic hydroxyl groups excluding tert-OH is 1. The number of aromatic nitrogens is 2. The molecule has 29 heavy (non-hydrogen) atoms. The third-order valence-corrected chi connectivity index (χ3v) is 4.01. The fourth-order valence-electron chi connectivity index (χ4n) is 2.62. The maximum Gasteiger partial charge on any atom is 0.264 e. The number of benzene rings is 2. The number of ether oxygens (including phenoxy) is 2. The minimum absolute atomic E-state index is 0. The number of aryl methyl sites for hydroxylation is 1. The molecule has 0 spiro atoms. The SMILES string of the molecule is Cc1noc(COc2ccccc2OCC(O)CNCCc2ccccc2)n1.Cl. The van der Waals surface area contributed by atoms with Crippen molar-refractivity contribution < 1.29 is 19.1 Å². The van der Waals surface area contributed by atoms with Gasteiger partial charge >= 0.3 is 0 Å². The van der Waals surface area contributed by atoms with E-state index in [1.54, 1.807) is 19.1 Å². The number of hydrogen-bond acceptors (Lipinski definition) is 7. The maximum atomic E-state index is 10.1. The molecular weight excluding hydrogens is 394 g/mol. The number of halogens is 1. The van der Waals surface area contributed by atoms with E-state index >= 15 is 0 Å².